The van der Waals surface area contributed by atoms with Gasteiger partial charge in [-0.2, -0.15) is 0 Å². The summed E-state index contributed by atoms with van der Waals surface area (Å²) < 4.78 is 14.2. The van der Waals surface area contributed by atoms with E-state index in [0.29, 0.717) is 5.02 Å². The van der Waals surface area contributed by atoms with Crippen LogP contribution in [-0.4, -0.2) is 24.1 Å². The molecule has 0 atom stereocenters. The number of nitrogens with two attached hydrogens (primary N) is 1. The lowest BCUT2D eigenvalue weighted by Crippen LogP contribution is -2.40. The van der Waals surface area contributed by atoms with Crippen molar-refractivity contribution in [2.75, 3.05) is 18.0 Å². The predicted octanol–water partition coefficient (Wildman–Crippen LogP) is 6.34. The van der Waals surface area contributed by atoms with E-state index in [4.69, 9.17) is 17.3 Å². The number of aryl methyl sites for hydroxylation is 1. The van der Waals surface area contributed by atoms with Crippen molar-refractivity contribution in [1.82, 2.24) is 4.98 Å². The molecule has 160 valence electrons. The molecule has 3 nitrogen and oxygen atoms in total. The number of benzene rings is 2. The Hall–Kier alpha value is -2.69. The third-order valence-electron chi connectivity index (χ3n) is 5.81. The molecule has 5 heteroatoms. The van der Waals surface area contributed by atoms with Crippen LogP contribution in [0.1, 0.15) is 36.5 Å². The minimum Gasteiger partial charge on any atom is -0.370 e. The molecule has 0 unspecified atom stereocenters. The van der Waals surface area contributed by atoms with Crippen molar-refractivity contribution in [1.29, 1.82) is 0 Å². The predicted molar refractivity (Wildman–Crippen MR) is 129 cm³/mol. The number of nitrogens with zero attached hydrogens (tertiary/aromatic N) is 2. The van der Waals surface area contributed by atoms with Gasteiger partial charge in [0.1, 0.15) is 5.82 Å². The van der Waals surface area contributed by atoms with Gasteiger partial charge in [0, 0.05) is 47.7 Å². The van der Waals surface area contributed by atoms with Crippen molar-refractivity contribution in [3.8, 4) is 11.1 Å². The lowest BCUT2D eigenvalue weighted by molar-refractivity contribution is 0.501. The standard InChI is InChI=1S/C26H27ClFN3/c1-17-10-20(14-23(28)11-17)25-16-30-15-21(26(25)31-8-6-24(29)7-9-31)12-18(2)19-4-3-5-22(27)13-19/h3-5,10-16,24H,6-9,29H2,1-2H3/b18-12-. The van der Waals surface area contributed by atoms with Crippen molar-refractivity contribution in [3.63, 3.8) is 0 Å². The Balaban J connectivity index is 1.86. The average molecular weight is 436 g/mol. The zero-order chi connectivity index (χ0) is 22.0. The fourth-order valence-corrected chi connectivity index (χ4v) is 4.40. The van der Waals surface area contributed by atoms with E-state index in [2.05, 4.69) is 22.9 Å². The summed E-state index contributed by atoms with van der Waals surface area (Å²) in [4.78, 5) is 6.87. The highest BCUT2D eigenvalue weighted by Gasteiger charge is 2.22. The summed E-state index contributed by atoms with van der Waals surface area (Å²) in [6, 6.07) is 13.2. The highest BCUT2D eigenvalue weighted by molar-refractivity contribution is 6.30. The van der Waals surface area contributed by atoms with Crippen LogP contribution in [0.25, 0.3) is 22.8 Å². The maximum atomic E-state index is 14.2. The van der Waals surface area contributed by atoms with Gasteiger partial charge in [-0.05, 0) is 79.3 Å². The Kier molecular flexibility index (Phi) is 6.40. The second-order valence-corrected chi connectivity index (χ2v) is 8.74. The lowest BCUT2D eigenvalue weighted by atomic mass is 9.96. The molecule has 0 radical (unpaired) electrons. The minimum atomic E-state index is -0.238. The molecule has 1 saturated heterocycles. The molecular weight excluding hydrogens is 409 g/mol. The normalized spacial score (nSPS) is 15.4. The molecule has 1 aliphatic heterocycles. The molecule has 0 aliphatic carbocycles. The van der Waals surface area contributed by atoms with Crippen LogP contribution in [-0.2, 0) is 0 Å². The zero-order valence-corrected chi connectivity index (χ0v) is 18.7. The van der Waals surface area contributed by atoms with Gasteiger partial charge in [-0.25, -0.2) is 4.39 Å². The number of aromatic nitrogens is 1. The third kappa shape index (κ3) is 4.97. The van der Waals surface area contributed by atoms with Crippen LogP contribution in [0.3, 0.4) is 0 Å². The number of anilines is 1. The molecule has 0 amide bonds. The highest BCUT2D eigenvalue weighted by Crippen LogP contribution is 2.37. The van der Waals surface area contributed by atoms with Crippen LogP contribution in [0, 0.1) is 12.7 Å². The van der Waals surface area contributed by atoms with E-state index < -0.39 is 0 Å². The first-order chi connectivity index (χ1) is 14.9. The summed E-state index contributed by atoms with van der Waals surface area (Å²) in [6.07, 6.45) is 7.72. The van der Waals surface area contributed by atoms with Gasteiger partial charge >= 0.3 is 0 Å². The van der Waals surface area contributed by atoms with Crippen LogP contribution < -0.4 is 10.6 Å². The molecule has 0 bridgehead atoms. The van der Waals surface area contributed by atoms with E-state index in [9.17, 15) is 4.39 Å². The average Bonchev–Trinajstić information content (AvgIpc) is 2.73. The molecule has 31 heavy (non-hydrogen) atoms. The minimum absolute atomic E-state index is 0.227. The first kappa shape index (κ1) is 21.5. The van der Waals surface area contributed by atoms with Gasteiger partial charge < -0.3 is 10.6 Å². The molecule has 2 aromatic carbocycles. The fraction of sp³-hybridized carbons (Fsp3) is 0.269. The lowest BCUT2D eigenvalue weighted by Gasteiger charge is -2.34. The van der Waals surface area contributed by atoms with Gasteiger partial charge in [0.15, 0.2) is 0 Å². The maximum absolute atomic E-state index is 14.2. The fourth-order valence-electron chi connectivity index (χ4n) is 4.20. The Morgan fingerprint density at radius 1 is 1.16 bits per heavy atom. The van der Waals surface area contributed by atoms with Crippen molar-refractivity contribution < 1.29 is 4.39 Å². The van der Waals surface area contributed by atoms with Gasteiger partial charge in [-0.15, -0.1) is 0 Å². The molecule has 0 spiro atoms. The number of pyridine rings is 1. The number of hydrogen-bond donors (Lipinski definition) is 1. The molecule has 1 aromatic heterocycles. The largest absolute Gasteiger partial charge is 0.370 e. The summed E-state index contributed by atoms with van der Waals surface area (Å²) in [5, 5.41) is 0.706. The summed E-state index contributed by atoms with van der Waals surface area (Å²) in [6.45, 7) is 5.71. The Morgan fingerprint density at radius 3 is 2.65 bits per heavy atom. The number of halogens is 2. The van der Waals surface area contributed by atoms with Crippen molar-refractivity contribution >= 4 is 28.9 Å². The van der Waals surface area contributed by atoms with Crippen molar-refractivity contribution in [2.24, 2.45) is 5.73 Å². The monoisotopic (exact) mass is 435 g/mol. The molecule has 2 N–H and O–H groups in total. The van der Waals surface area contributed by atoms with Crippen LogP contribution >= 0.6 is 11.6 Å². The molecule has 1 aliphatic rings. The Bertz CT molecular complexity index is 1100. The van der Waals surface area contributed by atoms with Gasteiger partial charge in [0.25, 0.3) is 0 Å². The van der Waals surface area contributed by atoms with E-state index in [-0.39, 0.29) is 11.9 Å². The third-order valence-corrected chi connectivity index (χ3v) is 6.04. The topological polar surface area (TPSA) is 42.2 Å². The summed E-state index contributed by atoms with van der Waals surface area (Å²) in [7, 11) is 0. The summed E-state index contributed by atoms with van der Waals surface area (Å²) >= 11 is 6.20. The van der Waals surface area contributed by atoms with Crippen LogP contribution in [0.15, 0.2) is 54.9 Å². The van der Waals surface area contributed by atoms with Gasteiger partial charge in [-0.1, -0.05) is 29.8 Å². The van der Waals surface area contributed by atoms with E-state index in [0.717, 1.165) is 65.0 Å². The second-order valence-electron chi connectivity index (χ2n) is 8.30. The first-order valence-corrected chi connectivity index (χ1v) is 11.0. The van der Waals surface area contributed by atoms with Gasteiger partial charge in [0.05, 0.1) is 5.69 Å². The Morgan fingerprint density at radius 2 is 1.94 bits per heavy atom. The van der Waals surface area contributed by atoms with Gasteiger partial charge in [0.2, 0.25) is 0 Å². The molecule has 1 fully saturated rings. The number of rotatable bonds is 4. The molecule has 4 rings (SSSR count). The number of piperidine rings is 1. The second kappa shape index (κ2) is 9.21. The summed E-state index contributed by atoms with van der Waals surface area (Å²) in [5.74, 6) is -0.238. The van der Waals surface area contributed by atoms with E-state index in [1.165, 1.54) is 0 Å². The molecule has 3 aromatic rings. The molecular formula is C26H27ClFN3. The Labute approximate surface area is 188 Å². The SMILES string of the molecule is C/C(=C/c1cncc(-c2cc(C)cc(F)c2)c1N1CCC(N)CC1)c1cccc(Cl)c1. The summed E-state index contributed by atoms with van der Waals surface area (Å²) in [5.41, 5.74) is 13.1. The number of allylic oxidation sites excluding steroid dienone is 1. The van der Waals surface area contributed by atoms with Crippen LogP contribution in [0.2, 0.25) is 5.02 Å². The molecule has 2 heterocycles. The quantitative estimate of drug-likeness (QED) is 0.520. The smallest absolute Gasteiger partial charge is 0.124 e. The van der Waals surface area contributed by atoms with Crippen molar-refractivity contribution in [2.45, 2.75) is 32.7 Å². The van der Waals surface area contributed by atoms with E-state index in [1.54, 1.807) is 12.1 Å². The number of hydrogen-bond acceptors (Lipinski definition) is 3. The van der Waals surface area contributed by atoms with E-state index >= 15 is 0 Å². The first-order valence-electron chi connectivity index (χ1n) is 10.6. The van der Waals surface area contributed by atoms with Crippen LogP contribution in [0.4, 0.5) is 10.1 Å². The maximum Gasteiger partial charge on any atom is 0.124 e. The highest BCUT2D eigenvalue weighted by atomic mass is 35.5. The van der Waals surface area contributed by atoms with E-state index in [1.807, 2.05) is 49.6 Å². The zero-order valence-electron chi connectivity index (χ0n) is 17.9. The van der Waals surface area contributed by atoms with Crippen molar-refractivity contribution in [3.05, 3.63) is 82.4 Å². The molecule has 0 saturated carbocycles. The van der Waals surface area contributed by atoms with Crippen LogP contribution in [0.5, 0.6) is 0 Å². The van der Waals surface area contributed by atoms with Gasteiger partial charge in [-0.3, -0.25) is 4.98 Å².